The van der Waals surface area contributed by atoms with Crippen LogP contribution < -0.4 is 0 Å². The summed E-state index contributed by atoms with van der Waals surface area (Å²) < 4.78 is 58.9. The van der Waals surface area contributed by atoms with E-state index in [4.69, 9.17) is 23.5 Å². The molecule has 1 fully saturated rings. The average Bonchev–Trinajstić information content (AvgIpc) is 3.14. The summed E-state index contributed by atoms with van der Waals surface area (Å²) in [6.07, 6.45) is 25.3. The largest absolute Gasteiger partial charge is 0.457 e. The smallest absolute Gasteiger partial charge is 0.397 e. The summed E-state index contributed by atoms with van der Waals surface area (Å²) in [5, 5.41) is 30.6. The van der Waals surface area contributed by atoms with E-state index in [1.165, 1.54) is 96.3 Å². The first-order valence-corrected chi connectivity index (χ1v) is 22.8. The van der Waals surface area contributed by atoms with Gasteiger partial charge < -0.3 is 34.3 Å². The maximum atomic E-state index is 12.8. The fraction of sp³-hybridized carbons (Fsp3) is 0.927. The Labute approximate surface area is 328 Å². The molecule has 320 valence electrons. The van der Waals surface area contributed by atoms with Crippen molar-refractivity contribution >= 4 is 16.4 Å². The van der Waals surface area contributed by atoms with E-state index < -0.39 is 59.8 Å². The summed E-state index contributed by atoms with van der Waals surface area (Å²) in [5.74, 6) is -0.406. The topological polar surface area (TPSA) is 178 Å². The highest BCUT2D eigenvalue weighted by atomic mass is 32.3. The van der Waals surface area contributed by atoms with Gasteiger partial charge in [-0.3, -0.25) is 9.35 Å². The van der Waals surface area contributed by atoms with E-state index in [1.807, 2.05) is 0 Å². The van der Waals surface area contributed by atoms with E-state index in [0.29, 0.717) is 13.0 Å². The van der Waals surface area contributed by atoms with Crippen LogP contribution >= 0.6 is 0 Å². The number of aliphatic hydroxyl groups excluding tert-OH is 3. The van der Waals surface area contributed by atoms with E-state index in [9.17, 15) is 28.5 Å². The molecule has 54 heavy (non-hydrogen) atoms. The second-order valence-electron chi connectivity index (χ2n) is 14.9. The molecular formula is C41H78O12S. The van der Waals surface area contributed by atoms with Crippen molar-refractivity contribution in [1.29, 1.82) is 0 Å². The van der Waals surface area contributed by atoms with Crippen molar-refractivity contribution in [3.05, 3.63) is 12.2 Å². The first kappa shape index (κ1) is 50.9. The summed E-state index contributed by atoms with van der Waals surface area (Å²) in [7, 11) is -5.06. The molecule has 4 N–H and O–H groups in total. The van der Waals surface area contributed by atoms with E-state index in [1.54, 1.807) is 0 Å². The van der Waals surface area contributed by atoms with E-state index in [0.717, 1.165) is 57.8 Å². The molecule has 1 rings (SSSR count). The summed E-state index contributed by atoms with van der Waals surface area (Å²) in [4.78, 5) is 12.8. The molecule has 0 saturated carbocycles. The molecule has 6 unspecified atom stereocenters. The van der Waals surface area contributed by atoms with Crippen LogP contribution in [0.5, 0.6) is 0 Å². The number of aliphatic hydroxyl groups is 3. The highest BCUT2D eigenvalue weighted by Crippen LogP contribution is 2.26. The molecule has 0 aromatic rings. The van der Waals surface area contributed by atoms with Gasteiger partial charge in [0.05, 0.1) is 19.8 Å². The number of esters is 1. The Morgan fingerprint density at radius 3 is 1.67 bits per heavy atom. The minimum atomic E-state index is -5.06. The third-order valence-electron chi connectivity index (χ3n) is 9.89. The normalized spacial score (nSPS) is 21.2. The SMILES string of the molecule is CCCCCCCC/C=C\CCCCCCCC(=O)OC(COCCCCCCCCCCCCCC)COC1OC(CO)C(O)C(OS(=O)(=O)O)C1O. The lowest BCUT2D eigenvalue weighted by Crippen LogP contribution is -2.60. The highest BCUT2D eigenvalue weighted by molar-refractivity contribution is 7.80. The van der Waals surface area contributed by atoms with E-state index >= 15 is 0 Å². The molecule has 0 bridgehead atoms. The number of ether oxygens (including phenoxy) is 4. The van der Waals surface area contributed by atoms with Crippen LogP contribution in [0.1, 0.15) is 181 Å². The van der Waals surface area contributed by atoms with Crippen LogP contribution in [-0.4, -0.2) is 97.5 Å². The Hall–Kier alpha value is -1.16. The van der Waals surface area contributed by atoms with Gasteiger partial charge in [-0.1, -0.05) is 148 Å². The molecule has 1 aliphatic heterocycles. The van der Waals surface area contributed by atoms with Crippen LogP contribution in [0.25, 0.3) is 0 Å². The summed E-state index contributed by atoms with van der Waals surface area (Å²) >= 11 is 0. The lowest BCUT2D eigenvalue weighted by atomic mass is 9.99. The van der Waals surface area contributed by atoms with Crippen molar-refractivity contribution in [2.75, 3.05) is 26.4 Å². The molecule has 0 aliphatic carbocycles. The average molecular weight is 795 g/mol. The molecule has 6 atom stereocenters. The molecule has 0 amide bonds. The Morgan fingerprint density at radius 2 is 1.17 bits per heavy atom. The standard InChI is InChI=1S/C41H78O12S/c1-3-5-7-9-11-13-15-17-18-19-20-22-24-26-28-30-37(43)51-35(33-49-31-29-27-25-23-21-16-14-12-10-8-6-4-2)34-50-41-39(45)40(53-54(46,47)48)38(44)36(32-42)52-41/h17-18,35-36,38-42,44-45H,3-16,19-34H2,1-2H3,(H,46,47,48)/b18-17-. The van der Waals surface area contributed by atoms with Crippen LogP contribution in [-0.2, 0) is 38.3 Å². The predicted octanol–water partition coefficient (Wildman–Crippen LogP) is 8.30. The number of hydrogen-bond donors (Lipinski definition) is 4. The molecule has 0 aromatic heterocycles. The zero-order valence-corrected chi connectivity index (χ0v) is 34.6. The van der Waals surface area contributed by atoms with Gasteiger partial charge in [0.15, 0.2) is 6.29 Å². The van der Waals surface area contributed by atoms with Gasteiger partial charge in [-0.2, -0.15) is 8.42 Å². The number of allylic oxidation sites excluding steroid dienone is 2. The molecule has 0 radical (unpaired) electrons. The minimum absolute atomic E-state index is 0.0377. The number of carbonyl (C=O) groups is 1. The lowest BCUT2D eigenvalue weighted by molar-refractivity contribution is -0.301. The number of carbonyl (C=O) groups excluding carboxylic acids is 1. The summed E-state index contributed by atoms with van der Waals surface area (Å²) in [6.45, 7) is 3.98. The zero-order valence-electron chi connectivity index (χ0n) is 33.8. The zero-order chi connectivity index (χ0) is 39.7. The monoisotopic (exact) mass is 795 g/mol. The second kappa shape index (κ2) is 33.9. The molecule has 1 aliphatic rings. The third kappa shape index (κ3) is 27.4. The first-order chi connectivity index (χ1) is 26.1. The van der Waals surface area contributed by atoms with Crippen molar-refractivity contribution in [2.24, 2.45) is 0 Å². The van der Waals surface area contributed by atoms with Crippen LogP contribution in [0.2, 0.25) is 0 Å². The number of unbranched alkanes of at least 4 members (excludes halogenated alkanes) is 22. The molecule has 1 saturated heterocycles. The number of hydrogen-bond acceptors (Lipinski definition) is 11. The molecule has 0 aromatic carbocycles. The Kier molecular flexibility index (Phi) is 32.0. The van der Waals surface area contributed by atoms with Crippen LogP contribution in [0.3, 0.4) is 0 Å². The quantitative estimate of drug-likeness (QED) is 0.0205. The maximum absolute atomic E-state index is 12.8. The van der Waals surface area contributed by atoms with Gasteiger partial charge in [0.25, 0.3) is 0 Å². The van der Waals surface area contributed by atoms with Crippen molar-refractivity contribution < 1.29 is 56.2 Å². The van der Waals surface area contributed by atoms with Crippen LogP contribution in [0.15, 0.2) is 12.2 Å². The highest BCUT2D eigenvalue weighted by Gasteiger charge is 2.48. The fourth-order valence-electron chi connectivity index (χ4n) is 6.61. The summed E-state index contributed by atoms with van der Waals surface area (Å²) in [6, 6.07) is 0. The lowest BCUT2D eigenvalue weighted by Gasteiger charge is -2.41. The van der Waals surface area contributed by atoms with Gasteiger partial charge in [-0.05, 0) is 38.5 Å². The summed E-state index contributed by atoms with van der Waals surface area (Å²) in [5.41, 5.74) is 0. The Bertz CT molecular complexity index is 1010. The van der Waals surface area contributed by atoms with Crippen LogP contribution in [0, 0.1) is 0 Å². The molecule has 1 heterocycles. The van der Waals surface area contributed by atoms with Gasteiger partial charge >= 0.3 is 16.4 Å². The third-order valence-corrected chi connectivity index (χ3v) is 10.4. The van der Waals surface area contributed by atoms with E-state index in [-0.39, 0.29) is 19.6 Å². The fourth-order valence-corrected chi connectivity index (χ4v) is 7.12. The van der Waals surface area contributed by atoms with Crippen molar-refractivity contribution in [3.63, 3.8) is 0 Å². The van der Waals surface area contributed by atoms with E-state index in [2.05, 4.69) is 30.2 Å². The van der Waals surface area contributed by atoms with Gasteiger partial charge in [0.1, 0.15) is 30.5 Å². The van der Waals surface area contributed by atoms with Gasteiger partial charge in [-0.25, -0.2) is 4.18 Å². The first-order valence-electron chi connectivity index (χ1n) is 21.4. The minimum Gasteiger partial charge on any atom is -0.457 e. The van der Waals surface area contributed by atoms with Crippen molar-refractivity contribution in [3.8, 4) is 0 Å². The second-order valence-corrected chi connectivity index (χ2v) is 16.0. The molecule has 13 heteroatoms. The predicted molar refractivity (Wildman–Crippen MR) is 211 cm³/mol. The van der Waals surface area contributed by atoms with Gasteiger partial charge in [0.2, 0.25) is 0 Å². The van der Waals surface area contributed by atoms with Gasteiger partial charge in [-0.15, -0.1) is 0 Å². The van der Waals surface area contributed by atoms with Crippen LogP contribution in [0.4, 0.5) is 0 Å². The van der Waals surface area contributed by atoms with Crippen molar-refractivity contribution in [1.82, 2.24) is 0 Å². The Morgan fingerprint density at radius 1 is 0.685 bits per heavy atom. The Balaban J connectivity index is 2.46. The maximum Gasteiger partial charge on any atom is 0.397 e. The molecule has 0 spiro atoms. The van der Waals surface area contributed by atoms with Gasteiger partial charge in [0, 0.05) is 13.0 Å². The number of rotatable bonds is 37. The van der Waals surface area contributed by atoms with Crippen molar-refractivity contribution in [2.45, 2.75) is 218 Å². The molecule has 12 nitrogen and oxygen atoms in total. The molecular weight excluding hydrogens is 717 g/mol.